The predicted molar refractivity (Wildman–Crippen MR) is 158 cm³/mol. The summed E-state index contributed by atoms with van der Waals surface area (Å²) in [5.41, 5.74) is 2.46. The zero-order valence-corrected chi connectivity index (χ0v) is 24.3. The highest BCUT2D eigenvalue weighted by Crippen LogP contribution is 2.24. The fraction of sp³-hybridized carbons (Fsp3) is 0.438. The third-order valence-electron chi connectivity index (χ3n) is 5.95. The molecule has 2 atom stereocenters. The van der Waals surface area contributed by atoms with Gasteiger partial charge in [0.15, 0.2) is 0 Å². The highest BCUT2D eigenvalue weighted by atomic mass is 16.6. The second-order valence-corrected chi connectivity index (χ2v) is 11.9. The van der Waals surface area contributed by atoms with Crippen molar-refractivity contribution in [2.75, 3.05) is 11.9 Å². The van der Waals surface area contributed by atoms with Crippen molar-refractivity contribution in [3.63, 3.8) is 0 Å². The standard InChI is InChI=1S/C32H41N3O5/c1-31(2,3)39-28(36)19-27-18-25(21-33-27)23-14-16-26(17-15-23)35-29(37)24(13-12-22-10-8-7-9-11-22)20-34-30(38)40-32(4,5)6/h7-11,14-18,21,24,27H,12-13,19-20H2,1-6H3,(H,34,38)(H,35,37)/t24?,27-/m0/s1. The largest absolute Gasteiger partial charge is 0.460 e. The fourth-order valence-electron chi connectivity index (χ4n) is 4.13. The molecule has 8 heteroatoms. The number of carbonyl (C=O) groups is 3. The molecule has 0 radical (unpaired) electrons. The quantitative estimate of drug-likeness (QED) is 0.357. The summed E-state index contributed by atoms with van der Waals surface area (Å²) in [4.78, 5) is 42.0. The van der Waals surface area contributed by atoms with Crippen molar-refractivity contribution in [2.45, 2.75) is 78.0 Å². The monoisotopic (exact) mass is 547 g/mol. The minimum atomic E-state index is -0.622. The van der Waals surface area contributed by atoms with E-state index in [9.17, 15) is 14.4 Å². The highest BCUT2D eigenvalue weighted by Gasteiger charge is 2.23. The first-order valence-corrected chi connectivity index (χ1v) is 13.7. The number of aryl methyl sites for hydroxylation is 1. The second-order valence-electron chi connectivity index (χ2n) is 11.9. The number of anilines is 1. The molecule has 2 aromatic carbocycles. The SMILES string of the molecule is CC(C)(C)OC(=O)C[C@@H]1C=C(c2ccc(NC(=O)C(CCc3ccccc3)CNC(=O)OC(C)(C)C)cc2)C=N1. The number of hydrogen-bond donors (Lipinski definition) is 2. The summed E-state index contributed by atoms with van der Waals surface area (Å²) >= 11 is 0. The summed E-state index contributed by atoms with van der Waals surface area (Å²) in [7, 11) is 0. The van der Waals surface area contributed by atoms with Crippen molar-refractivity contribution in [1.29, 1.82) is 0 Å². The van der Waals surface area contributed by atoms with Gasteiger partial charge in [0.1, 0.15) is 11.2 Å². The van der Waals surface area contributed by atoms with Crippen LogP contribution in [0.25, 0.3) is 5.57 Å². The fourth-order valence-corrected chi connectivity index (χ4v) is 4.13. The van der Waals surface area contributed by atoms with Crippen LogP contribution < -0.4 is 10.6 Å². The van der Waals surface area contributed by atoms with E-state index in [1.54, 1.807) is 27.0 Å². The lowest BCUT2D eigenvalue weighted by Crippen LogP contribution is -2.38. The average Bonchev–Trinajstić information content (AvgIpc) is 3.31. The molecule has 214 valence electrons. The Hall–Kier alpha value is -3.94. The number of alkyl carbamates (subject to hydrolysis) is 1. The van der Waals surface area contributed by atoms with Gasteiger partial charge in [-0.3, -0.25) is 14.6 Å². The smallest absolute Gasteiger partial charge is 0.407 e. The maximum atomic E-state index is 13.2. The minimum Gasteiger partial charge on any atom is -0.460 e. The van der Waals surface area contributed by atoms with E-state index in [1.165, 1.54) is 0 Å². The normalized spacial score (nSPS) is 15.7. The summed E-state index contributed by atoms with van der Waals surface area (Å²) < 4.78 is 10.7. The number of nitrogens with one attached hydrogen (secondary N) is 2. The van der Waals surface area contributed by atoms with Gasteiger partial charge in [0, 0.05) is 18.4 Å². The Bertz CT molecular complexity index is 1220. The lowest BCUT2D eigenvalue weighted by molar-refractivity contribution is -0.154. The Morgan fingerprint density at radius 1 is 0.900 bits per heavy atom. The predicted octanol–water partition coefficient (Wildman–Crippen LogP) is 5.97. The lowest BCUT2D eigenvalue weighted by atomic mass is 9.98. The van der Waals surface area contributed by atoms with Crippen LogP contribution in [-0.4, -0.2) is 48.0 Å². The molecule has 3 rings (SSSR count). The molecule has 1 unspecified atom stereocenters. The number of aliphatic imine (C=N–C) groups is 1. The maximum absolute atomic E-state index is 13.2. The van der Waals surface area contributed by atoms with Crippen LogP contribution >= 0.6 is 0 Å². The summed E-state index contributed by atoms with van der Waals surface area (Å²) in [6, 6.07) is 17.1. The van der Waals surface area contributed by atoms with E-state index in [4.69, 9.17) is 9.47 Å². The minimum absolute atomic E-state index is 0.161. The van der Waals surface area contributed by atoms with Crippen molar-refractivity contribution in [1.82, 2.24) is 5.32 Å². The molecule has 0 spiro atoms. The van der Waals surface area contributed by atoms with E-state index in [0.717, 1.165) is 16.7 Å². The Labute approximate surface area is 237 Å². The number of benzene rings is 2. The van der Waals surface area contributed by atoms with Gasteiger partial charge in [0.25, 0.3) is 0 Å². The number of carbonyl (C=O) groups excluding carboxylic acids is 3. The van der Waals surface area contributed by atoms with E-state index in [1.807, 2.05) is 81.4 Å². The van der Waals surface area contributed by atoms with Crippen molar-refractivity contribution < 1.29 is 23.9 Å². The molecule has 2 N–H and O–H groups in total. The molecule has 1 aliphatic heterocycles. The average molecular weight is 548 g/mol. The number of rotatable bonds is 10. The van der Waals surface area contributed by atoms with E-state index in [0.29, 0.717) is 18.5 Å². The summed E-state index contributed by atoms with van der Waals surface area (Å²) in [6.45, 7) is 11.1. The Morgan fingerprint density at radius 2 is 1.55 bits per heavy atom. The van der Waals surface area contributed by atoms with Crippen LogP contribution in [0.1, 0.15) is 65.5 Å². The van der Waals surface area contributed by atoms with Gasteiger partial charge in [-0.2, -0.15) is 0 Å². The van der Waals surface area contributed by atoms with Crippen molar-refractivity contribution in [3.8, 4) is 0 Å². The maximum Gasteiger partial charge on any atom is 0.407 e. The van der Waals surface area contributed by atoms with Gasteiger partial charge in [-0.1, -0.05) is 48.5 Å². The molecular formula is C32H41N3O5. The van der Waals surface area contributed by atoms with Gasteiger partial charge in [-0.05, 0) is 83.2 Å². The number of allylic oxidation sites excluding steroid dienone is 1. The van der Waals surface area contributed by atoms with Gasteiger partial charge >= 0.3 is 12.1 Å². The van der Waals surface area contributed by atoms with E-state index >= 15 is 0 Å². The van der Waals surface area contributed by atoms with Crippen LogP contribution in [-0.2, 0) is 25.5 Å². The molecule has 2 aromatic rings. The van der Waals surface area contributed by atoms with Gasteiger partial charge in [-0.15, -0.1) is 0 Å². The van der Waals surface area contributed by atoms with Crippen molar-refractivity contribution in [3.05, 3.63) is 71.8 Å². The number of ether oxygens (including phenoxy) is 2. The first-order valence-electron chi connectivity index (χ1n) is 13.7. The number of esters is 1. The van der Waals surface area contributed by atoms with Gasteiger partial charge in [0.2, 0.25) is 5.91 Å². The zero-order chi connectivity index (χ0) is 29.3. The Morgan fingerprint density at radius 3 is 2.17 bits per heavy atom. The number of amides is 2. The molecule has 0 aromatic heterocycles. The van der Waals surface area contributed by atoms with Crippen molar-refractivity contribution in [2.24, 2.45) is 10.9 Å². The molecule has 0 fully saturated rings. The van der Waals surface area contributed by atoms with E-state index < -0.39 is 23.2 Å². The van der Waals surface area contributed by atoms with Crippen LogP contribution in [0.3, 0.4) is 0 Å². The molecule has 0 aliphatic carbocycles. The number of hydrogen-bond acceptors (Lipinski definition) is 6. The van der Waals surface area contributed by atoms with E-state index in [-0.39, 0.29) is 30.9 Å². The molecule has 0 bridgehead atoms. The Balaban J connectivity index is 1.61. The van der Waals surface area contributed by atoms with Gasteiger partial charge < -0.3 is 20.1 Å². The lowest BCUT2D eigenvalue weighted by Gasteiger charge is -2.22. The summed E-state index contributed by atoms with van der Waals surface area (Å²) in [6.07, 6.45) is 4.60. The highest BCUT2D eigenvalue weighted by molar-refractivity contribution is 6.12. The van der Waals surface area contributed by atoms with Gasteiger partial charge in [0.05, 0.1) is 18.4 Å². The van der Waals surface area contributed by atoms with Crippen molar-refractivity contribution >= 4 is 35.4 Å². The Kier molecular flexibility index (Phi) is 10.3. The van der Waals surface area contributed by atoms with Crippen LogP contribution in [0.4, 0.5) is 10.5 Å². The molecule has 2 amide bonds. The third-order valence-corrected chi connectivity index (χ3v) is 5.95. The second kappa shape index (κ2) is 13.4. The molecule has 1 aliphatic rings. The summed E-state index contributed by atoms with van der Waals surface area (Å²) in [5, 5.41) is 5.72. The zero-order valence-electron chi connectivity index (χ0n) is 24.3. The van der Waals surface area contributed by atoms with Crippen LogP contribution in [0, 0.1) is 5.92 Å². The van der Waals surface area contributed by atoms with Crippen LogP contribution in [0.15, 0.2) is 65.7 Å². The molecule has 40 heavy (non-hydrogen) atoms. The first-order chi connectivity index (χ1) is 18.8. The van der Waals surface area contributed by atoms with Crippen LogP contribution in [0.2, 0.25) is 0 Å². The molecular weight excluding hydrogens is 506 g/mol. The number of nitrogens with zero attached hydrogens (tertiary/aromatic N) is 1. The molecule has 0 saturated heterocycles. The summed E-state index contributed by atoms with van der Waals surface area (Å²) in [5.74, 6) is -0.919. The molecule has 8 nitrogen and oxygen atoms in total. The third kappa shape index (κ3) is 10.7. The molecule has 0 saturated carbocycles. The first kappa shape index (κ1) is 30.6. The molecule has 1 heterocycles. The van der Waals surface area contributed by atoms with Crippen LogP contribution in [0.5, 0.6) is 0 Å². The topological polar surface area (TPSA) is 106 Å². The van der Waals surface area contributed by atoms with E-state index in [2.05, 4.69) is 15.6 Å². The van der Waals surface area contributed by atoms with Gasteiger partial charge in [-0.25, -0.2) is 4.79 Å².